The number of anilines is 1. The number of hydrogen-bond donors (Lipinski definition) is 0. The van der Waals surface area contributed by atoms with Crippen molar-refractivity contribution in [2.24, 2.45) is 0 Å². The molecule has 4 aromatic rings. The summed E-state index contributed by atoms with van der Waals surface area (Å²) in [5.41, 5.74) is 2.22. The molecule has 5 rings (SSSR count). The Labute approximate surface area is 178 Å². The van der Waals surface area contributed by atoms with Crippen molar-refractivity contribution < 1.29 is 13.9 Å². The number of hydrogen-bond acceptors (Lipinski definition) is 5. The van der Waals surface area contributed by atoms with Crippen LogP contribution in [0.5, 0.6) is 5.75 Å². The first-order valence-corrected chi connectivity index (χ1v) is 10.1. The number of fused-ring (bicyclic) bond motifs is 2. The maximum absolute atomic E-state index is 13.5. The molecular weight excluding hydrogens is 392 g/mol. The van der Waals surface area contributed by atoms with Crippen LogP contribution in [0.2, 0.25) is 0 Å². The SMILES string of the molecule is CCOc1cccc([C@@H]2c3c(oc4ccccc4c3=O)C(=O)N2c2ccc(C)cn2)c1. The predicted octanol–water partition coefficient (Wildman–Crippen LogP) is 4.64. The van der Waals surface area contributed by atoms with Gasteiger partial charge >= 0.3 is 0 Å². The Bertz CT molecular complexity index is 1360. The van der Waals surface area contributed by atoms with Gasteiger partial charge in [0.05, 0.1) is 23.6 Å². The average molecular weight is 412 g/mol. The van der Waals surface area contributed by atoms with E-state index < -0.39 is 6.04 Å². The van der Waals surface area contributed by atoms with Crippen molar-refractivity contribution in [1.29, 1.82) is 0 Å². The monoisotopic (exact) mass is 412 g/mol. The number of rotatable bonds is 4. The summed E-state index contributed by atoms with van der Waals surface area (Å²) in [6.07, 6.45) is 1.70. The number of nitrogens with zero attached hydrogens (tertiary/aromatic N) is 2. The number of aromatic nitrogens is 1. The number of ether oxygens (including phenoxy) is 1. The van der Waals surface area contributed by atoms with Gasteiger partial charge in [0.1, 0.15) is 17.2 Å². The third kappa shape index (κ3) is 3.08. The molecule has 3 heterocycles. The Morgan fingerprint density at radius 2 is 1.90 bits per heavy atom. The molecule has 2 aromatic carbocycles. The summed E-state index contributed by atoms with van der Waals surface area (Å²) >= 11 is 0. The molecule has 1 amide bonds. The van der Waals surface area contributed by atoms with Crippen LogP contribution in [0.15, 0.2) is 76.1 Å². The lowest BCUT2D eigenvalue weighted by molar-refractivity contribution is 0.0970. The number of benzene rings is 2. The number of carbonyl (C=O) groups is 1. The molecule has 6 heteroatoms. The highest BCUT2D eigenvalue weighted by Gasteiger charge is 2.44. The lowest BCUT2D eigenvalue weighted by atomic mass is 9.98. The first-order valence-electron chi connectivity index (χ1n) is 10.1. The van der Waals surface area contributed by atoms with Gasteiger partial charge in [-0.1, -0.05) is 30.3 Å². The lowest BCUT2D eigenvalue weighted by Gasteiger charge is -2.24. The van der Waals surface area contributed by atoms with Crippen molar-refractivity contribution >= 4 is 22.7 Å². The zero-order chi connectivity index (χ0) is 21.5. The summed E-state index contributed by atoms with van der Waals surface area (Å²) in [4.78, 5) is 33.0. The number of pyridine rings is 1. The molecule has 0 radical (unpaired) electrons. The minimum absolute atomic E-state index is 0.0536. The molecule has 0 bridgehead atoms. The first kappa shape index (κ1) is 19.1. The molecule has 1 atom stereocenters. The van der Waals surface area contributed by atoms with E-state index in [1.807, 2.05) is 44.2 Å². The molecule has 1 aliphatic rings. The number of amides is 1. The van der Waals surface area contributed by atoms with Gasteiger partial charge in [-0.25, -0.2) is 4.98 Å². The van der Waals surface area contributed by atoms with E-state index in [2.05, 4.69) is 4.98 Å². The molecule has 6 nitrogen and oxygen atoms in total. The zero-order valence-corrected chi connectivity index (χ0v) is 17.2. The third-order valence-electron chi connectivity index (χ3n) is 5.41. The van der Waals surface area contributed by atoms with Gasteiger partial charge in [0.15, 0.2) is 5.43 Å². The van der Waals surface area contributed by atoms with Gasteiger partial charge in [0.25, 0.3) is 5.91 Å². The van der Waals surface area contributed by atoms with Gasteiger partial charge in [-0.2, -0.15) is 0 Å². The predicted molar refractivity (Wildman–Crippen MR) is 118 cm³/mol. The van der Waals surface area contributed by atoms with Crippen LogP contribution in [0.3, 0.4) is 0 Å². The summed E-state index contributed by atoms with van der Waals surface area (Å²) in [5.74, 6) is 0.791. The number of aryl methyl sites for hydroxylation is 1. The summed E-state index contributed by atoms with van der Waals surface area (Å²) < 4.78 is 11.6. The molecule has 0 unspecified atom stereocenters. The second kappa shape index (κ2) is 7.40. The van der Waals surface area contributed by atoms with Gasteiger partial charge in [-0.05, 0) is 55.3 Å². The average Bonchev–Trinajstić information content (AvgIpc) is 3.08. The van der Waals surface area contributed by atoms with E-state index in [0.29, 0.717) is 34.7 Å². The van der Waals surface area contributed by atoms with E-state index in [0.717, 1.165) is 11.1 Å². The lowest BCUT2D eigenvalue weighted by Crippen LogP contribution is -2.30. The molecule has 0 saturated heterocycles. The molecule has 31 heavy (non-hydrogen) atoms. The van der Waals surface area contributed by atoms with Crippen LogP contribution in [-0.2, 0) is 0 Å². The standard InChI is InChI=1S/C25H20N2O4/c1-3-30-17-8-6-7-16(13-17)22-21-23(28)18-9-4-5-10-19(18)31-24(21)25(29)27(22)20-12-11-15(2)14-26-20/h4-14,22H,3H2,1-2H3/t22-/m1/s1. The van der Waals surface area contributed by atoms with Crippen molar-refractivity contribution in [1.82, 2.24) is 4.98 Å². The molecular formula is C25H20N2O4. The Kier molecular flexibility index (Phi) is 4.55. The molecule has 0 fully saturated rings. The van der Waals surface area contributed by atoms with E-state index in [9.17, 15) is 9.59 Å². The molecule has 0 aliphatic carbocycles. The van der Waals surface area contributed by atoms with Gasteiger partial charge in [-0.3, -0.25) is 14.5 Å². The number of carbonyl (C=O) groups excluding carboxylic acids is 1. The van der Waals surface area contributed by atoms with Crippen molar-refractivity contribution in [3.63, 3.8) is 0 Å². The van der Waals surface area contributed by atoms with Crippen LogP contribution >= 0.6 is 0 Å². The normalized spacial score (nSPS) is 15.4. The Morgan fingerprint density at radius 3 is 2.68 bits per heavy atom. The summed E-state index contributed by atoms with van der Waals surface area (Å²) in [6, 6.07) is 17.4. The van der Waals surface area contributed by atoms with E-state index in [1.165, 1.54) is 4.90 Å². The molecule has 2 aromatic heterocycles. The maximum Gasteiger partial charge on any atom is 0.296 e. The minimum Gasteiger partial charge on any atom is -0.494 e. The highest BCUT2D eigenvalue weighted by molar-refractivity contribution is 6.10. The minimum atomic E-state index is -0.668. The fraction of sp³-hybridized carbons (Fsp3) is 0.160. The second-order valence-corrected chi connectivity index (χ2v) is 7.45. The van der Waals surface area contributed by atoms with Crippen molar-refractivity contribution in [2.75, 3.05) is 11.5 Å². The molecule has 0 spiro atoms. The third-order valence-corrected chi connectivity index (χ3v) is 5.41. The quantitative estimate of drug-likeness (QED) is 0.488. The fourth-order valence-corrected chi connectivity index (χ4v) is 4.01. The number of para-hydroxylation sites is 1. The van der Waals surface area contributed by atoms with Crippen LogP contribution in [-0.4, -0.2) is 17.5 Å². The van der Waals surface area contributed by atoms with Crippen LogP contribution < -0.4 is 15.1 Å². The van der Waals surface area contributed by atoms with Crippen LogP contribution in [0.25, 0.3) is 11.0 Å². The van der Waals surface area contributed by atoms with Crippen LogP contribution in [0.1, 0.15) is 40.2 Å². The van der Waals surface area contributed by atoms with Crippen LogP contribution in [0, 0.1) is 6.92 Å². The Morgan fingerprint density at radius 1 is 1.06 bits per heavy atom. The van der Waals surface area contributed by atoms with E-state index in [4.69, 9.17) is 9.15 Å². The largest absolute Gasteiger partial charge is 0.494 e. The smallest absolute Gasteiger partial charge is 0.296 e. The fourth-order valence-electron chi connectivity index (χ4n) is 4.01. The van der Waals surface area contributed by atoms with Gasteiger partial charge in [0.2, 0.25) is 5.76 Å². The Balaban J connectivity index is 1.78. The van der Waals surface area contributed by atoms with E-state index >= 15 is 0 Å². The van der Waals surface area contributed by atoms with Crippen molar-refractivity contribution in [3.05, 3.63) is 99.5 Å². The van der Waals surface area contributed by atoms with Gasteiger partial charge in [-0.15, -0.1) is 0 Å². The second-order valence-electron chi connectivity index (χ2n) is 7.45. The summed E-state index contributed by atoms with van der Waals surface area (Å²) in [5, 5.41) is 0.443. The van der Waals surface area contributed by atoms with Crippen LogP contribution in [0.4, 0.5) is 5.82 Å². The molecule has 1 aliphatic heterocycles. The van der Waals surface area contributed by atoms with Crippen molar-refractivity contribution in [2.45, 2.75) is 19.9 Å². The highest BCUT2D eigenvalue weighted by atomic mass is 16.5. The van der Waals surface area contributed by atoms with E-state index in [-0.39, 0.29) is 17.1 Å². The summed E-state index contributed by atoms with van der Waals surface area (Å²) in [6.45, 7) is 4.35. The topological polar surface area (TPSA) is 72.6 Å². The van der Waals surface area contributed by atoms with Gasteiger partial charge < -0.3 is 9.15 Å². The van der Waals surface area contributed by atoms with Gasteiger partial charge in [0, 0.05) is 6.20 Å². The molecule has 0 saturated carbocycles. The highest BCUT2D eigenvalue weighted by Crippen LogP contribution is 2.41. The van der Waals surface area contributed by atoms with E-state index in [1.54, 1.807) is 36.5 Å². The summed E-state index contributed by atoms with van der Waals surface area (Å²) in [7, 11) is 0. The van der Waals surface area contributed by atoms with Crippen molar-refractivity contribution in [3.8, 4) is 5.75 Å². The molecule has 0 N–H and O–H groups in total. The first-order chi connectivity index (χ1) is 15.1. The zero-order valence-electron chi connectivity index (χ0n) is 17.2. The molecule has 154 valence electrons. The Hall–Kier alpha value is -3.93. The maximum atomic E-state index is 13.5.